The van der Waals surface area contributed by atoms with Crippen molar-refractivity contribution >= 4 is 0 Å². The second kappa shape index (κ2) is 5.78. The summed E-state index contributed by atoms with van der Waals surface area (Å²) in [6, 6.07) is 10.6. The summed E-state index contributed by atoms with van der Waals surface area (Å²) in [7, 11) is 0. The van der Waals surface area contributed by atoms with Crippen molar-refractivity contribution in [3.05, 3.63) is 35.9 Å². The van der Waals surface area contributed by atoms with Crippen molar-refractivity contribution in [3.63, 3.8) is 0 Å². The Morgan fingerprint density at radius 1 is 1.21 bits per heavy atom. The van der Waals surface area contributed by atoms with Gasteiger partial charge in [-0.25, -0.2) is 0 Å². The molecule has 3 N–H and O–H groups in total. The van der Waals surface area contributed by atoms with Gasteiger partial charge in [-0.15, -0.1) is 0 Å². The maximum absolute atomic E-state index is 5.92. The molecule has 0 fully saturated rings. The lowest BCUT2D eigenvalue weighted by Crippen LogP contribution is -2.37. The number of nitrogens with two attached hydrogens (primary N) is 1. The molecule has 2 nitrogen and oxygen atoms in total. The van der Waals surface area contributed by atoms with Crippen LogP contribution < -0.4 is 11.1 Å². The van der Waals surface area contributed by atoms with Crippen molar-refractivity contribution in [2.24, 2.45) is 11.7 Å². The molecule has 1 rings (SSSR count). The van der Waals surface area contributed by atoms with Gasteiger partial charge in [-0.3, -0.25) is 0 Å². The van der Waals surface area contributed by atoms with Crippen molar-refractivity contribution in [1.82, 2.24) is 5.32 Å². The number of hydrogen-bond donors (Lipinski definition) is 2. The van der Waals surface area contributed by atoms with Crippen LogP contribution >= 0.6 is 0 Å². The molecule has 0 aliphatic carbocycles. The molecule has 0 saturated carbocycles. The van der Waals surface area contributed by atoms with Crippen LogP contribution in [0.25, 0.3) is 0 Å². The van der Waals surface area contributed by atoms with Crippen LogP contribution in [0.15, 0.2) is 30.3 Å². The van der Waals surface area contributed by atoms with Crippen LogP contribution in [0.5, 0.6) is 0 Å². The smallest absolute Gasteiger partial charge is 0.0206 e. The zero-order chi connectivity index (χ0) is 10.4. The summed E-state index contributed by atoms with van der Waals surface area (Å²) in [5.74, 6) is 0.540. The highest BCUT2D eigenvalue weighted by atomic mass is 14.9. The Hall–Kier alpha value is -0.860. The molecule has 0 radical (unpaired) electrons. The van der Waals surface area contributed by atoms with Gasteiger partial charge in [-0.2, -0.15) is 0 Å². The number of nitrogens with one attached hydrogen (secondary N) is 1. The molecule has 0 heterocycles. The molecule has 2 heteroatoms. The van der Waals surface area contributed by atoms with E-state index in [1.54, 1.807) is 0 Å². The molecule has 0 aliphatic heterocycles. The Kier molecular flexibility index (Phi) is 4.63. The van der Waals surface area contributed by atoms with E-state index in [4.69, 9.17) is 5.73 Å². The fraction of sp³-hybridized carbons (Fsp3) is 0.500. The summed E-state index contributed by atoms with van der Waals surface area (Å²) in [5, 5.41) is 3.36. The maximum atomic E-state index is 5.92. The zero-order valence-electron chi connectivity index (χ0n) is 9.03. The SMILES string of the molecule is CC(C)[C@@H](N)CNCc1ccccc1. The van der Waals surface area contributed by atoms with Crippen LogP contribution in [-0.2, 0) is 6.54 Å². The predicted octanol–water partition coefficient (Wildman–Crippen LogP) is 1.76. The first kappa shape index (κ1) is 11.2. The van der Waals surface area contributed by atoms with Crippen molar-refractivity contribution in [2.75, 3.05) is 6.54 Å². The topological polar surface area (TPSA) is 38.0 Å². The van der Waals surface area contributed by atoms with E-state index in [2.05, 4.69) is 43.4 Å². The lowest BCUT2D eigenvalue weighted by Gasteiger charge is -2.16. The van der Waals surface area contributed by atoms with Gasteiger partial charge in [-0.1, -0.05) is 44.2 Å². The minimum Gasteiger partial charge on any atom is -0.326 e. The van der Waals surface area contributed by atoms with Gasteiger partial charge < -0.3 is 11.1 Å². The van der Waals surface area contributed by atoms with Crippen molar-refractivity contribution in [1.29, 1.82) is 0 Å². The van der Waals surface area contributed by atoms with E-state index in [1.807, 2.05) is 6.07 Å². The minimum atomic E-state index is 0.249. The molecule has 0 bridgehead atoms. The summed E-state index contributed by atoms with van der Waals surface area (Å²) in [6.07, 6.45) is 0. The molecule has 0 amide bonds. The summed E-state index contributed by atoms with van der Waals surface area (Å²) in [5.41, 5.74) is 7.23. The molecular formula is C12H20N2. The third-order valence-corrected chi connectivity index (χ3v) is 2.41. The fourth-order valence-electron chi connectivity index (χ4n) is 1.21. The molecule has 0 spiro atoms. The van der Waals surface area contributed by atoms with Gasteiger partial charge in [0.1, 0.15) is 0 Å². The second-order valence-corrected chi connectivity index (χ2v) is 4.02. The first-order valence-corrected chi connectivity index (χ1v) is 5.20. The molecule has 0 aliphatic rings. The predicted molar refractivity (Wildman–Crippen MR) is 61.0 cm³/mol. The highest BCUT2D eigenvalue weighted by Gasteiger charge is 2.05. The maximum Gasteiger partial charge on any atom is 0.0206 e. The minimum absolute atomic E-state index is 0.249. The van der Waals surface area contributed by atoms with E-state index in [0.717, 1.165) is 13.1 Å². The average Bonchev–Trinajstić information content (AvgIpc) is 2.19. The largest absolute Gasteiger partial charge is 0.326 e. The van der Waals surface area contributed by atoms with E-state index in [1.165, 1.54) is 5.56 Å². The Morgan fingerprint density at radius 3 is 2.43 bits per heavy atom. The van der Waals surface area contributed by atoms with Crippen molar-refractivity contribution in [2.45, 2.75) is 26.4 Å². The second-order valence-electron chi connectivity index (χ2n) is 4.02. The van der Waals surface area contributed by atoms with E-state index in [9.17, 15) is 0 Å². The summed E-state index contributed by atoms with van der Waals surface area (Å²) in [4.78, 5) is 0. The van der Waals surface area contributed by atoms with Gasteiger partial charge in [-0.05, 0) is 11.5 Å². The van der Waals surface area contributed by atoms with Gasteiger partial charge >= 0.3 is 0 Å². The van der Waals surface area contributed by atoms with Crippen LogP contribution in [0.2, 0.25) is 0 Å². The van der Waals surface area contributed by atoms with Gasteiger partial charge in [0.2, 0.25) is 0 Å². The van der Waals surface area contributed by atoms with E-state index < -0.39 is 0 Å². The van der Waals surface area contributed by atoms with Crippen LogP contribution in [-0.4, -0.2) is 12.6 Å². The highest BCUT2D eigenvalue weighted by Crippen LogP contribution is 1.99. The Labute approximate surface area is 86.5 Å². The fourth-order valence-corrected chi connectivity index (χ4v) is 1.21. The lowest BCUT2D eigenvalue weighted by atomic mass is 10.1. The van der Waals surface area contributed by atoms with Crippen molar-refractivity contribution < 1.29 is 0 Å². The number of benzene rings is 1. The summed E-state index contributed by atoms with van der Waals surface area (Å²) >= 11 is 0. The Balaban J connectivity index is 2.22. The Bertz CT molecular complexity index is 244. The molecule has 14 heavy (non-hydrogen) atoms. The summed E-state index contributed by atoms with van der Waals surface area (Å²) < 4.78 is 0. The van der Waals surface area contributed by atoms with Gasteiger partial charge in [0, 0.05) is 19.1 Å². The number of rotatable bonds is 5. The van der Waals surface area contributed by atoms with E-state index in [-0.39, 0.29) is 6.04 Å². The molecular weight excluding hydrogens is 172 g/mol. The third kappa shape index (κ3) is 3.90. The van der Waals surface area contributed by atoms with E-state index >= 15 is 0 Å². The molecule has 0 saturated heterocycles. The molecule has 1 atom stereocenters. The van der Waals surface area contributed by atoms with Crippen LogP contribution in [0.4, 0.5) is 0 Å². The van der Waals surface area contributed by atoms with Gasteiger partial charge in [0.15, 0.2) is 0 Å². The first-order valence-electron chi connectivity index (χ1n) is 5.20. The van der Waals surface area contributed by atoms with Crippen LogP contribution in [0, 0.1) is 5.92 Å². The molecule has 1 aromatic rings. The monoisotopic (exact) mass is 192 g/mol. The standard InChI is InChI=1S/C12H20N2/c1-10(2)12(13)9-14-8-11-6-4-3-5-7-11/h3-7,10,12,14H,8-9,13H2,1-2H3/t12-/m0/s1. The number of hydrogen-bond acceptors (Lipinski definition) is 2. The lowest BCUT2D eigenvalue weighted by molar-refractivity contribution is 0.458. The molecule has 1 aromatic carbocycles. The van der Waals surface area contributed by atoms with Gasteiger partial charge in [0.25, 0.3) is 0 Å². The quantitative estimate of drug-likeness (QED) is 0.746. The zero-order valence-corrected chi connectivity index (χ0v) is 9.03. The first-order chi connectivity index (χ1) is 6.70. The van der Waals surface area contributed by atoms with Crippen LogP contribution in [0.1, 0.15) is 19.4 Å². The molecule has 0 unspecified atom stereocenters. The van der Waals surface area contributed by atoms with Crippen molar-refractivity contribution in [3.8, 4) is 0 Å². The summed E-state index contributed by atoms with van der Waals surface area (Å²) in [6.45, 7) is 6.08. The van der Waals surface area contributed by atoms with Crippen LogP contribution in [0.3, 0.4) is 0 Å². The molecule has 78 valence electrons. The average molecular weight is 192 g/mol. The Morgan fingerprint density at radius 2 is 1.86 bits per heavy atom. The third-order valence-electron chi connectivity index (χ3n) is 2.41. The van der Waals surface area contributed by atoms with Gasteiger partial charge in [0.05, 0.1) is 0 Å². The normalized spacial score (nSPS) is 13.1. The molecule has 0 aromatic heterocycles. The highest BCUT2D eigenvalue weighted by molar-refractivity contribution is 5.14. The van der Waals surface area contributed by atoms with E-state index in [0.29, 0.717) is 5.92 Å².